The number of fused-ring (bicyclic) bond motifs is 1. The summed E-state index contributed by atoms with van der Waals surface area (Å²) in [6.07, 6.45) is 7.35. The smallest absolute Gasteiger partial charge is 0.200 e. The van der Waals surface area contributed by atoms with E-state index in [9.17, 15) is 35.7 Å². The lowest BCUT2D eigenvalue weighted by molar-refractivity contribution is -0.0808. The number of aryl methyl sites for hydroxylation is 1. The van der Waals surface area contributed by atoms with Gasteiger partial charge in [0.1, 0.15) is 6.79 Å². The normalized spacial score (nSPS) is 27.6. The van der Waals surface area contributed by atoms with Crippen molar-refractivity contribution in [2.45, 2.75) is 107 Å². The fourth-order valence-corrected chi connectivity index (χ4v) is 10.9. The molecule has 1 aliphatic heterocycles. The van der Waals surface area contributed by atoms with Crippen molar-refractivity contribution in [1.82, 2.24) is 0 Å². The molecule has 2 aliphatic carbocycles. The maximum atomic E-state index is 11.6. The molecule has 2 aromatic carbocycles. The van der Waals surface area contributed by atoms with Crippen molar-refractivity contribution in [3.8, 4) is 28.7 Å². The first-order valence-electron chi connectivity index (χ1n) is 17.3. The molecule has 7 N–H and O–H groups in total. The van der Waals surface area contributed by atoms with E-state index < -0.39 is 37.8 Å². The number of aliphatic hydroxyl groups is 5. The van der Waals surface area contributed by atoms with Gasteiger partial charge in [0.05, 0.1) is 31.5 Å². The van der Waals surface area contributed by atoms with Gasteiger partial charge in [0.15, 0.2) is 29.8 Å². The minimum absolute atomic E-state index is 0.0130. The van der Waals surface area contributed by atoms with Crippen LogP contribution in [0.2, 0.25) is 0 Å². The van der Waals surface area contributed by atoms with Gasteiger partial charge >= 0.3 is 0 Å². The highest BCUT2D eigenvalue weighted by Gasteiger charge is 2.42. The Morgan fingerprint density at radius 2 is 1.65 bits per heavy atom. The van der Waals surface area contributed by atoms with E-state index in [2.05, 4.69) is 0 Å². The summed E-state index contributed by atoms with van der Waals surface area (Å²) >= 11 is 0. The standard InChI is InChI=1S/C36H52O11S2/c1-44-32-13-22(14-33(35(32)43)46-21-39)12-27-28(40)16-24(45-20-38)5-4-23-15-31(47-25-6-10-36(18-25)8-2-3-9-36)29(41)17-26(23)34(7-11-37)49-48-19-30(27)42/h13-15,17,24-25,27-28,30,34,37-43H,2-12,16,18-21H2,1H3. The molecule has 3 aliphatic rings. The Labute approximate surface area is 296 Å². The molecule has 49 heavy (non-hydrogen) atoms. The quantitative estimate of drug-likeness (QED) is 0.122. The van der Waals surface area contributed by atoms with Gasteiger partial charge in [-0.3, -0.25) is 0 Å². The summed E-state index contributed by atoms with van der Waals surface area (Å²) in [6.45, 7) is -1.27. The molecule has 6 unspecified atom stereocenters. The van der Waals surface area contributed by atoms with Crippen LogP contribution in [0.15, 0.2) is 24.3 Å². The first-order valence-corrected chi connectivity index (χ1v) is 19.7. The second kappa shape index (κ2) is 17.9. The zero-order valence-corrected chi connectivity index (χ0v) is 29.8. The third-order valence-electron chi connectivity index (χ3n) is 10.5. The van der Waals surface area contributed by atoms with Gasteiger partial charge in [-0.25, -0.2) is 0 Å². The molecular weight excluding hydrogens is 673 g/mol. The number of phenolic OH excluding ortho intramolecular Hbond substituents is 2. The lowest BCUT2D eigenvalue weighted by Gasteiger charge is -2.30. The van der Waals surface area contributed by atoms with E-state index in [0.717, 1.165) is 30.4 Å². The molecule has 11 nitrogen and oxygen atoms in total. The summed E-state index contributed by atoms with van der Waals surface area (Å²) in [7, 11) is 4.32. The summed E-state index contributed by atoms with van der Waals surface area (Å²) in [6, 6.07) is 6.80. The maximum Gasteiger partial charge on any atom is 0.200 e. The van der Waals surface area contributed by atoms with Gasteiger partial charge in [0.25, 0.3) is 0 Å². The average molecular weight is 725 g/mol. The van der Waals surface area contributed by atoms with Crippen LogP contribution in [-0.4, -0.2) is 93.2 Å². The molecular formula is C36H52O11S2. The van der Waals surface area contributed by atoms with Gasteiger partial charge in [-0.2, -0.15) is 0 Å². The Kier molecular flexibility index (Phi) is 13.9. The Hall–Kier alpha value is -2.10. The highest BCUT2D eigenvalue weighted by molar-refractivity contribution is 8.76. The van der Waals surface area contributed by atoms with Gasteiger partial charge in [0, 0.05) is 23.5 Å². The average Bonchev–Trinajstić information content (AvgIpc) is 3.72. The summed E-state index contributed by atoms with van der Waals surface area (Å²) in [5, 5.41) is 73.6. The van der Waals surface area contributed by atoms with Crippen molar-refractivity contribution >= 4 is 21.6 Å². The second-order valence-electron chi connectivity index (χ2n) is 13.7. The molecule has 1 heterocycles. The molecule has 2 aromatic rings. The minimum Gasteiger partial charge on any atom is -0.504 e. The predicted octanol–water partition coefficient (Wildman–Crippen LogP) is 4.98. The largest absolute Gasteiger partial charge is 0.504 e. The number of phenols is 2. The topological polar surface area (TPSA) is 179 Å². The van der Waals surface area contributed by atoms with Crippen LogP contribution < -0.4 is 14.2 Å². The Balaban J connectivity index is 1.40. The minimum atomic E-state index is -1.03. The third kappa shape index (κ3) is 9.62. The number of ether oxygens (including phenoxy) is 4. The van der Waals surface area contributed by atoms with Crippen LogP contribution in [0, 0.1) is 11.3 Å². The monoisotopic (exact) mass is 724 g/mol. The van der Waals surface area contributed by atoms with Crippen LogP contribution in [0.1, 0.15) is 86.1 Å². The Morgan fingerprint density at radius 1 is 0.878 bits per heavy atom. The third-order valence-corrected chi connectivity index (χ3v) is 13.4. The molecule has 13 heteroatoms. The van der Waals surface area contributed by atoms with E-state index >= 15 is 0 Å². The molecule has 0 aromatic heterocycles. The van der Waals surface area contributed by atoms with Crippen molar-refractivity contribution in [3.05, 3.63) is 41.0 Å². The summed E-state index contributed by atoms with van der Waals surface area (Å²) < 4.78 is 22.6. The van der Waals surface area contributed by atoms with E-state index in [0.29, 0.717) is 36.0 Å². The second-order valence-corrected chi connectivity index (χ2v) is 16.3. The zero-order chi connectivity index (χ0) is 35.0. The fraction of sp³-hybridized carbons (Fsp3) is 0.667. The van der Waals surface area contributed by atoms with Crippen molar-refractivity contribution in [1.29, 1.82) is 0 Å². The zero-order valence-electron chi connectivity index (χ0n) is 28.2. The van der Waals surface area contributed by atoms with Crippen molar-refractivity contribution in [2.75, 3.05) is 33.1 Å². The lowest BCUT2D eigenvalue weighted by atomic mass is 9.85. The molecule has 2 saturated carbocycles. The Morgan fingerprint density at radius 3 is 2.37 bits per heavy atom. The van der Waals surface area contributed by atoms with E-state index in [1.54, 1.807) is 12.1 Å². The number of benzene rings is 2. The van der Waals surface area contributed by atoms with Crippen LogP contribution in [0.5, 0.6) is 28.7 Å². The Bertz CT molecular complexity index is 1350. The predicted molar refractivity (Wildman–Crippen MR) is 188 cm³/mol. The van der Waals surface area contributed by atoms with Crippen molar-refractivity contribution in [3.63, 3.8) is 0 Å². The molecule has 0 amide bonds. The van der Waals surface area contributed by atoms with Crippen LogP contribution in [0.3, 0.4) is 0 Å². The summed E-state index contributed by atoms with van der Waals surface area (Å²) in [4.78, 5) is 0. The first kappa shape index (κ1) is 38.1. The number of aliphatic hydroxyl groups excluding tert-OH is 5. The van der Waals surface area contributed by atoms with Gasteiger partial charge in [0.2, 0.25) is 5.75 Å². The van der Waals surface area contributed by atoms with Crippen molar-refractivity contribution < 1.29 is 54.7 Å². The van der Waals surface area contributed by atoms with Gasteiger partial charge < -0.3 is 54.7 Å². The maximum absolute atomic E-state index is 11.6. The number of aromatic hydroxyl groups is 2. The van der Waals surface area contributed by atoms with Gasteiger partial charge in [-0.1, -0.05) is 34.4 Å². The highest BCUT2D eigenvalue weighted by atomic mass is 33.1. The molecule has 0 bridgehead atoms. The fourth-order valence-electron chi connectivity index (χ4n) is 7.96. The number of hydrogen-bond donors (Lipinski definition) is 7. The highest BCUT2D eigenvalue weighted by Crippen LogP contribution is 2.52. The SMILES string of the molecule is COc1cc(CC2C(O)CSSC(CCO)c3cc(O)c(OC4CCC5(CCCC5)C4)cc3CCC(OCO)CC2O)cc(OCO)c1O. The molecule has 6 atom stereocenters. The van der Waals surface area contributed by atoms with Crippen LogP contribution in [-0.2, 0) is 17.6 Å². The molecule has 1 spiro atoms. The molecule has 0 radical (unpaired) electrons. The van der Waals surface area contributed by atoms with E-state index in [1.807, 2.05) is 6.07 Å². The molecule has 0 saturated heterocycles. The van der Waals surface area contributed by atoms with Gasteiger partial charge in [-0.05, 0) is 111 Å². The molecule has 274 valence electrons. The van der Waals surface area contributed by atoms with Crippen LogP contribution in [0.4, 0.5) is 0 Å². The summed E-state index contributed by atoms with van der Waals surface area (Å²) in [5.74, 6) is -0.0330. The number of rotatable bonds is 11. The van der Waals surface area contributed by atoms with E-state index in [-0.39, 0.29) is 59.6 Å². The van der Waals surface area contributed by atoms with Crippen molar-refractivity contribution in [2.24, 2.45) is 11.3 Å². The molecule has 5 rings (SSSR count). The first-order chi connectivity index (χ1) is 23.7. The summed E-state index contributed by atoms with van der Waals surface area (Å²) in [5.41, 5.74) is 2.80. The van der Waals surface area contributed by atoms with Crippen LogP contribution >= 0.6 is 21.6 Å². The number of hydrogen-bond acceptors (Lipinski definition) is 13. The number of methoxy groups -OCH3 is 1. The van der Waals surface area contributed by atoms with E-state index in [4.69, 9.17) is 18.9 Å². The van der Waals surface area contributed by atoms with Gasteiger partial charge in [-0.15, -0.1) is 0 Å². The molecule has 2 fully saturated rings. The van der Waals surface area contributed by atoms with E-state index in [1.165, 1.54) is 60.4 Å². The van der Waals surface area contributed by atoms with Crippen LogP contribution in [0.25, 0.3) is 0 Å². The lowest BCUT2D eigenvalue weighted by Crippen LogP contribution is -2.38.